The molecule has 0 spiro atoms. The fraction of sp³-hybridized carbons (Fsp3) is 0.143. The van der Waals surface area contributed by atoms with Gasteiger partial charge < -0.3 is 5.73 Å². The van der Waals surface area contributed by atoms with Gasteiger partial charge in [0.1, 0.15) is 5.82 Å². The Morgan fingerprint density at radius 2 is 1.76 bits per heavy atom. The maximum atomic E-state index is 12.5. The van der Waals surface area contributed by atoms with Gasteiger partial charge >= 0.3 is 6.18 Å². The number of halogens is 3. The zero-order chi connectivity index (χ0) is 15.2. The Hall–Kier alpha value is -2.57. The third-order valence-corrected chi connectivity index (χ3v) is 3.13. The van der Waals surface area contributed by atoms with Gasteiger partial charge in [0.2, 0.25) is 0 Å². The molecule has 21 heavy (non-hydrogen) atoms. The number of alkyl halides is 3. The lowest BCUT2D eigenvalue weighted by Crippen LogP contribution is -2.04. The molecule has 0 unspecified atom stereocenters. The van der Waals surface area contributed by atoms with Gasteiger partial charge in [0, 0.05) is 23.4 Å². The molecule has 3 rings (SSSR count). The van der Waals surface area contributed by atoms with Crippen LogP contribution >= 0.6 is 0 Å². The minimum absolute atomic E-state index is 0.374. The van der Waals surface area contributed by atoms with Crippen LogP contribution in [0.15, 0.2) is 36.4 Å². The second-order valence-electron chi connectivity index (χ2n) is 4.70. The van der Waals surface area contributed by atoms with Crippen molar-refractivity contribution in [1.82, 2.24) is 14.6 Å². The maximum Gasteiger partial charge on any atom is 0.416 e. The SMILES string of the molecule is Cc1cc(N)nc2cc(-c3ccc(C(F)(F)F)cc3)nn12. The van der Waals surface area contributed by atoms with Crippen molar-refractivity contribution in [2.75, 3.05) is 5.73 Å². The van der Waals surface area contributed by atoms with E-state index < -0.39 is 11.7 Å². The van der Waals surface area contributed by atoms with Crippen LogP contribution in [0.1, 0.15) is 11.3 Å². The maximum absolute atomic E-state index is 12.5. The van der Waals surface area contributed by atoms with Crippen molar-refractivity contribution in [2.45, 2.75) is 13.1 Å². The molecule has 7 heteroatoms. The highest BCUT2D eigenvalue weighted by Gasteiger charge is 2.30. The number of anilines is 1. The van der Waals surface area contributed by atoms with Gasteiger partial charge in [-0.3, -0.25) is 0 Å². The number of nitrogens with two attached hydrogens (primary N) is 1. The highest BCUT2D eigenvalue weighted by Crippen LogP contribution is 2.30. The van der Waals surface area contributed by atoms with Gasteiger partial charge in [0.25, 0.3) is 0 Å². The molecule has 0 atom stereocenters. The summed E-state index contributed by atoms with van der Waals surface area (Å²) in [5, 5.41) is 4.33. The van der Waals surface area contributed by atoms with Crippen molar-refractivity contribution in [2.24, 2.45) is 0 Å². The molecule has 4 nitrogen and oxygen atoms in total. The fourth-order valence-electron chi connectivity index (χ4n) is 2.12. The number of nitrogens with zero attached hydrogens (tertiary/aromatic N) is 3. The third kappa shape index (κ3) is 2.42. The van der Waals surface area contributed by atoms with E-state index in [2.05, 4.69) is 10.1 Å². The molecule has 0 aliphatic carbocycles. The first-order valence-corrected chi connectivity index (χ1v) is 6.15. The lowest BCUT2D eigenvalue weighted by Gasteiger charge is -2.06. The molecule has 2 heterocycles. The van der Waals surface area contributed by atoms with Gasteiger partial charge in [-0.05, 0) is 19.1 Å². The molecule has 0 radical (unpaired) electrons. The first-order chi connectivity index (χ1) is 9.84. The van der Waals surface area contributed by atoms with E-state index in [9.17, 15) is 13.2 Å². The van der Waals surface area contributed by atoms with E-state index in [-0.39, 0.29) is 0 Å². The van der Waals surface area contributed by atoms with E-state index in [1.54, 1.807) is 16.6 Å². The van der Waals surface area contributed by atoms with Crippen LogP contribution in [-0.4, -0.2) is 14.6 Å². The molecule has 2 aromatic heterocycles. The first kappa shape index (κ1) is 13.4. The van der Waals surface area contributed by atoms with Crippen LogP contribution in [0, 0.1) is 6.92 Å². The van der Waals surface area contributed by atoms with E-state index in [0.29, 0.717) is 22.7 Å². The molecule has 0 saturated carbocycles. The van der Waals surface area contributed by atoms with Gasteiger partial charge in [0.15, 0.2) is 5.65 Å². The van der Waals surface area contributed by atoms with Crippen molar-refractivity contribution in [3.63, 3.8) is 0 Å². The Morgan fingerprint density at radius 3 is 2.38 bits per heavy atom. The Kier molecular flexibility index (Phi) is 2.86. The molecule has 1 aromatic carbocycles. The highest BCUT2D eigenvalue weighted by atomic mass is 19.4. The van der Waals surface area contributed by atoms with Crippen molar-refractivity contribution in [1.29, 1.82) is 0 Å². The minimum atomic E-state index is -4.34. The molecular formula is C14H11F3N4. The number of aryl methyl sites for hydroxylation is 1. The predicted molar refractivity (Wildman–Crippen MR) is 72.6 cm³/mol. The number of benzene rings is 1. The summed E-state index contributed by atoms with van der Waals surface area (Å²) in [7, 11) is 0. The van der Waals surface area contributed by atoms with E-state index in [0.717, 1.165) is 17.8 Å². The summed E-state index contributed by atoms with van der Waals surface area (Å²) in [5.41, 5.74) is 7.47. The molecule has 0 amide bonds. The van der Waals surface area contributed by atoms with Crippen LogP contribution in [0.5, 0.6) is 0 Å². The summed E-state index contributed by atoms with van der Waals surface area (Å²) in [5.74, 6) is 0.374. The molecule has 3 aromatic rings. The molecule has 0 aliphatic rings. The summed E-state index contributed by atoms with van der Waals surface area (Å²) in [6.07, 6.45) is -4.34. The van der Waals surface area contributed by atoms with Gasteiger partial charge in [0.05, 0.1) is 11.3 Å². The van der Waals surface area contributed by atoms with Crippen LogP contribution in [0.3, 0.4) is 0 Å². The van der Waals surface area contributed by atoms with Crippen LogP contribution in [0.25, 0.3) is 16.9 Å². The van der Waals surface area contributed by atoms with Crippen molar-refractivity contribution < 1.29 is 13.2 Å². The molecule has 108 valence electrons. The van der Waals surface area contributed by atoms with Crippen molar-refractivity contribution in [3.05, 3.63) is 47.7 Å². The topological polar surface area (TPSA) is 56.2 Å². The van der Waals surface area contributed by atoms with Gasteiger partial charge in [-0.2, -0.15) is 18.3 Å². The van der Waals surface area contributed by atoms with Crippen LogP contribution < -0.4 is 5.73 Å². The Morgan fingerprint density at radius 1 is 1.10 bits per heavy atom. The molecule has 0 bridgehead atoms. The average Bonchev–Trinajstić information content (AvgIpc) is 2.82. The number of rotatable bonds is 1. The second-order valence-corrected chi connectivity index (χ2v) is 4.70. The first-order valence-electron chi connectivity index (χ1n) is 6.15. The average molecular weight is 292 g/mol. The zero-order valence-corrected chi connectivity index (χ0v) is 11.0. The van der Waals surface area contributed by atoms with Crippen LogP contribution in [-0.2, 0) is 6.18 Å². The quantitative estimate of drug-likeness (QED) is 0.748. The van der Waals surface area contributed by atoms with Crippen LogP contribution in [0.2, 0.25) is 0 Å². The highest BCUT2D eigenvalue weighted by molar-refractivity contribution is 5.65. The fourth-order valence-corrected chi connectivity index (χ4v) is 2.12. The summed E-state index contributed by atoms with van der Waals surface area (Å²) < 4.78 is 39.2. The minimum Gasteiger partial charge on any atom is -0.384 e. The molecule has 0 saturated heterocycles. The predicted octanol–water partition coefficient (Wildman–Crippen LogP) is 3.31. The number of hydrogen-bond acceptors (Lipinski definition) is 3. The summed E-state index contributed by atoms with van der Waals surface area (Å²) >= 11 is 0. The van der Waals surface area contributed by atoms with E-state index in [1.165, 1.54) is 12.1 Å². The number of nitrogen functional groups attached to an aromatic ring is 1. The van der Waals surface area contributed by atoms with Gasteiger partial charge in [-0.15, -0.1) is 0 Å². The van der Waals surface area contributed by atoms with Crippen LogP contribution in [0.4, 0.5) is 19.0 Å². The van der Waals surface area contributed by atoms with E-state index in [1.807, 2.05) is 6.92 Å². The standard InChI is InChI=1S/C14H11F3N4/c1-8-6-12(18)19-13-7-11(20-21(8)13)9-2-4-10(5-3-9)14(15,16)17/h2-7H,1H3,(H2,18,19). The van der Waals surface area contributed by atoms with E-state index in [4.69, 9.17) is 5.73 Å². The summed E-state index contributed by atoms with van der Waals surface area (Å²) in [6, 6.07) is 8.22. The summed E-state index contributed by atoms with van der Waals surface area (Å²) in [4.78, 5) is 4.14. The number of hydrogen-bond donors (Lipinski definition) is 1. The number of aromatic nitrogens is 3. The van der Waals surface area contributed by atoms with Crippen molar-refractivity contribution >= 4 is 11.5 Å². The molecular weight excluding hydrogens is 281 g/mol. The van der Waals surface area contributed by atoms with Gasteiger partial charge in [-0.1, -0.05) is 12.1 Å². The lowest BCUT2D eigenvalue weighted by molar-refractivity contribution is -0.137. The monoisotopic (exact) mass is 292 g/mol. The Bertz CT molecular complexity index is 803. The Balaban J connectivity index is 2.06. The zero-order valence-electron chi connectivity index (χ0n) is 11.0. The third-order valence-electron chi connectivity index (χ3n) is 3.13. The Labute approximate surface area is 118 Å². The lowest BCUT2D eigenvalue weighted by atomic mass is 10.1. The normalized spacial score (nSPS) is 12.0. The summed E-state index contributed by atoms with van der Waals surface area (Å²) in [6.45, 7) is 1.83. The van der Waals surface area contributed by atoms with E-state index >= 15 is 0 Å². The van der Waals surface area contributed by atoms with Crippen molar-refractivity contribution in [3.8, 4) is 11.3 Å². The number of fused-ring (bicyclic) bond motifs is 1. The second kappa shape index (κ2) is 4.47. The largest absolute Gasteiger partial charge is 0.416 e. The smallest absolute Gasteiger partial charge is 0.384 e. The molecule has 2 N–H and O–H groups in total. The molecule has 0 fully saturated rings. The van der Waals surface area contributed by atoms with Gasteiger partial charge in [-0.25, -0.2) is 9.50 Å². The molecule has 0 aliphatic heterocycles.